The van der Waals surface area contributed by atoms with Gasteiger partial charge in [-0.1, -0.05) is 125 Å². The minimum Gasteiger partial charge on any atom is -0.478 e. The number of carbonyl (C=O) groups is 3. The van der Waals surface area contributed by atoms with Crippen molar-refractivity contribution in [2.45, 2.75) is 56.2 Å². The number of carboxylic acids is 1. The number of hydrogen-bond acceptors (Lipinski definition) is 18. The second-order valence-electron chi connectivity index (χ2n) is 17.3. The van der Waals surface area contributed by atoms with Crippen LogP contribution >= 0.6 is 10.7 Å². The number of carboxylic acid groups (broad SMARTS) is 1. The van der Waals surface area contributed by atoms with Gasteiger partial charge in [0, 0.05) is 16.4 Å². The predicted molar refractivity (Wildman–Crippen MR) is 302 cm³/mol. The van der Waals surface area contributed by atoms with E-state index < -0.39 is 47.0 Å². The summed E-state index contributed by atoms with van der Waals surface area (Å²) in [6.45, 7) is 9.04. The van der Waals surface area contributed by atoms with Crippen molar-refractivity contribution in [2.75, 3.05) is 29.4 Å². The number of hydrogen-bond donors (Lipinski definition) is 4. The highest BCUT2D eigenvalue weighted by atomic mass is 35.7. The number of sulfonamides is 2. The molecule has 0 saturated heterocycles. The zero-order chi connectivity index (χ0) is 59.4. The lowest BCUT2D eigenvalue weighted by atomic mass is 10.0. The smallest absolute Gasteiger partial charge is 0.339 e. The van der Waals surface area contributed by atoms with Crippen LogP contribution in [-0.4, -0.2) is 78.0 Å². The molecule has 25 heteroatoms. The molecule has 0 unspecified atom stereocenters. The Morgan fingerprint density at radius 3 is 1.10 bits per heavy atom. The van der Waals surface area contributed by atoms with Crippen molar-refractivity contribution >= 4 is 74.7 Å². The Hall–Kier alpha value is -9.10. The van der Waals surface area contributed by atoms with E-state index in [1.54, 1.807) is 30.3 Å². The third kappa shape index (κ3) is 15.2. The van der Waals surface area contributed by atoms with Crippen LogP contribution in [-0.2, 0) is 38.6 Å². The van der Waals surface area contributed by atoms with Gasteiger partial charge in [0.05, 0.1) is 42.3 Å². The number of ether oxygens (including phenoxy) is 2. The van der Waals surface area contributed by atoms with E-state index in [-0.39, 0.29) is 71.6 Å². The summed E-state index contributed by atoms with van der Waals surface area (Å²) in [5, 5.41) is 20.2. The maximum Gasteiger partial charge on any atom is 0.339 e. The van der Waals surface area contributed by atoms with Crippen molar-refractivity contribution in [1.82, 2.24) is 15.5 Å². The average Bonchev–Trinajstić information content (AvgIpc) is 4.16. The molecule has 5 N–H and O–H groups in total. The summed E-state index contributed by atoms with van der Waals surface area (Å²) in [6.07, 6.45) is 0. The number of aryl methyl sites for hydroxylation is 6. The number of rotatable bonds is 13. The van der Waals surface area contributed by atoms with Crippen LogP contribution in [0.15, 0.2) is 174 Å². The average molecular weight is 1180 g/mol. The van der Waals surface area contributed by atoms with Gasteiger partial charge in [0.1, 0.15) is 22.0 Å². The summed E-state index contributed by atoms with van der Waals surface area (Å²) in [4.78, 5) is 34.8. The summed E-state index contributed by atoms with van der Waals surface area (Å²) in [5.41, 5.74) is 12.6. The van der Waals surface area contributed by atoms with Gasteiger partial charge in [-0.25, -0.2) is 39.6 Å². The molecule has 0 aliphatic carbocycles. The lowest BCUT2D eigenvalue weighted by molar-refractivity contribution is 0.0593. The number of aromatic nitrogens is 3. The molecule has 0 radical (unpaired) electrons. The van der Waals surface area contributed by atoms with E-state index in [9.17, 15) is 44.7 Å². The quantitative estimate of drug-likeness (QED) is 0.0473. The first-order valence-corrected chi connectivity index (χ1v) is 29.1. The summed E-state index contributed by atoms with van der Waals surface area (Å²) in [5.74, 6) is -1.78. The van der Waals surface area contributed by atoms with E-state index in [4.69, 9.17) is 30.2 Å². The van der Waals surface area contributed by atoms with Crippen LogP contribution in [0.3, 0.4) is 0 Å². The number of nitrogen functional groups attached to an aromatic ring is 1. The van der Waals surface area contributed by atoms with Crippen LogP contribution in [0, 0.1) is 41.5 Å². The standard InChI is InChI=1S/C19H18N2O5S.C18H16N2O5S.C14H13NO2.C5H6ClNO3S/c1-12-18(13(2)26-20-12)27(23,24)21-17-11-15(14-7-5-4-6-8-14)9-10-16(17)19(22)25-3;1-11-17(12(2)25-19-11)26(23,24)20-16-10-14(8-9-15(16)18(21)22)13-6-4-3-5-7-13;1-17-14(16)12-8-7-11(9-13(12)15)10-5-3-2-4-6-10;1-3-5(11(6,8)9)4(2)10-7-3/h4-11,21H,1-3H3;3-10,20H,1-2H3,(H,21,22);2-9H,15H2,1H3;1-2H3. The number of nitrogens with zero attached hydrogens (tertiary/aromatic N) is 3. The first-order valence-electron chi connectivity index (χ1n) is 23.8. The van der Waals surface area contributed by atoms with Crippen LogP contribution in [0.1, 0.15) is 65.4 Å². The van der Waals surface area contributed by atoms with Gasteiger partial charge in [0.25, 0.3) is 29.1 Å². The van der Waals surface area contributed by atoms with E-state index in [1.807, 2.05) is 97.1 Å². The minimum absolute atomic E-state index is 0.0285. The van der Waals surface area contributed by atoms with E-state index >= 15 is 0 Å². The molecule has 0 spiro atoms. The molecule has 0 saturated carbocycles. The van der Waals surface area contributed by atoms with Gasteiger partial charge in [-0.15, -0.1) is 0 Å². The summed E-state index contributed by atoms with van der Waals surface area (Å²) in [7, 11) is -4.11. The van der Waals surface area contributed by atoms with Gasteiger partial charge in [-0.3, -0.25) is 9.44 Å². The van der Waals surface area contributed by atoms with Crippen molar-refractivity contribution in [3.63, 3.8) is 0 Å². The fraction of sp³-hybridized carbons (Fsp3) is 0.143. The highest BCUT2D eigenvalue weighted by Crippen LogP contribution is 2.32. The Bertz CT molecular complexity index is 4020. The number of aromatic carboxylic acids is 1. The third-order valence-corrected chi connectivity index (χ3v) is 16.4. The molecule has 21 nitrogen and oxygen atoms in total. The highest BCUT2D eigenvalue weighted by molar-refractivity contribution is 8.13. The zero-order valence-electron chi connectivity index (χ0n) is 44.5. The SMILES string of the molecule is COC(=O)c1ccc(-c2ccccc2)cc1N.COC(=O)c1ccc(-c2ccccc2)cc1NS(=O)(=O)c1c(C)noc1C.Cc1noc(C)c1S(=O)(=O)Cl.Cc1noc(C)c1S(=O)(=O)Nc1cc(-c2ccccc2)ccc1C(=O)O. The molecular weight excluding hydrogens is 1130 g/mol. The first kappa shape index (κ1) is 61.1. The van der Waals surface area contributed by atoms with Gasteiger partial charge in [0.15, 0.2) is 27.1 Å². The molecule has 0 aliphatic heterocycles. The van der Waals surface area contributed by atoms with Crippen molar-refractivity contribution in [3.8, 4) is 33.4 Å². The molecule has 0 bridgehead atoms. The molecule has 9 rings (SSSR count). The summed E-state index contributed by atoms with van der Waals surface area (Å²) >= 11 is 0. The van der Waals surface area contributed by atoms with Crippen LogP contribution in [0.25, 0.3) is 33.4 Å². The molecular formula is C56H53ClN6O15S3. The summed E-state index contributed by atoms with van der Waals surface area (Å²) in [6, 6.07) is 43.2. The van der Waals surface area contributed by atoms with Crippen LogP contribution in [0.4, 0.5) is 17.1 Å². The number of carbonyl (C=O) groups excluding carboxylic acids is 2. The monoisotopic (exact) mass is 1180 g/mol. The highest BCUT2D eigenvalue weighted by Gasteiger charge is 2.28. The fourth-order valence-corrected chi connectivity index (χ4v) is 12.2. The normalized spacial score (nSPS) is 11.1. The Kier molecular flexibility index (Phi) is 19.8. The fourth-order valence-electron chi connectivity index (χ4n) is 7.95. The van der Waals surface area contributed by atoms with E-state index in [0.29, 0.717) is 16.8 Å². The Balaban J connectivity index is 0.000000182. The van der Waals surface area contributed by atoms with Gasteiger partial charge < -0.3 is 33.9 Å². The third-order valence-electron chi connectivity index (χ3n) is 11.6. The number of nitrogens with one attached hydrogen (secondary N) is 2. The molecule has 0 fully saturated rings. The molecule has 0 atom stereocenters. The maximum absolute atomic E-state index is 12.9. The Labute approximate surface area is 471 Å². The number of halogens is 1. The molecule has 422 valence electrons. The second-order valence-corrected chi connectivity index (χ2v) is 23.1. The Morgan fingerprint density at radius 1 is 0.469 bits per heavy atom. The molecule has 9 aromatic rings. The largest absolute Gasteiger partial charge is 0.478 e. The molecule has 3 heterocycles. The Morgan fingerprint density at radius 2 is 0.790 bits per heavy atom. The number of esters is 2. The number of anilines is 3. The first-order chi connectivity index (χ1) is 38.3. The zero-order valence-corrected chi connectivity index (χ0v) is 47.7. The summed E-state index contributed by atoms with van der Waals surface area (Å²) < 4.78 is 101. The molecule has 3 aromatic heterocycles. The second kappa shape index (κ2) is 26.2. The van der Waals surface area contributed by atoms with E-state index in [0.717, 1.165) is 27.8 Å². The van der Waals surface area contributed by atoms with Crippen molar-refractivity contribution in [3.05, 3.63) is 197 Å². The molecule has 81 heavy (non-hydrogen) atoms. The van der Waals surface area contributed by atoms with Crippen molar-refractivity contribution in [2.24, 2.45) is 0 Å². The van der Waals surface area contributed by atoms with Gasteiger partial charge >= 0.3 is 17.9 Å². The molecule has 0 amide bonds. The lowest BCUT2D eigenvalue weighted by Gasteiger charge is -2.13. The van der Waals surface area contributed by atoms with Gasteiger partial charge in [0.2, 0.25) is 0 Å². The van der Waals surface area contributed by atoms with Gasteiger partial charge in [-0.2, -0.15) is 0 Å². The number of nitrogens with two attached hydrogens (primary N) is 1. The maximum atomic E-state index is 12.9. The lowest BCUT2D eigenvalue weighted by Crippen LogP contribution is -2.17. The van der Waals surface area contributed by atoms with Crippen molar-refractivity contribution < 1.29 is 67.8 Å². The van der Waals surface area contributed by atoms with Crippen molar-refractivity contribution in [1.29, 1.82) is 0 Å². The minimum atomic E-state index is -4.06. The van der Waals surface area contributed by atoms with E-state index in [2.05, 4.69) is 34.2 Å². The predicted octanol–water partition coefficient (Wildman–Crippen LogP) is 10.9. The van der Waals surface area contributed by atoms with E-state index in [1.165, 1.54) is 74.0 Å². The molecule has 0 aliphatic rings. The van der Waals surface area contributed by atoms with Gasteiger partial charge in [-0.05, 0) is 111 Å². The van der Waals surface area contributed by atoms with Crippen LogP contribution in [0.5, 0.6) is 0 Å². The number of benzene rings is 6. The van der Waals surface area contributed by atoms with Crippen LogP contribution in [0.2, 0.25) is 0 Å². The number of methoxy groups -OCH3 is 2. The topological polar surface area (TPSA) is 320 Å². The molecule has 6 aromatic carbocycles. The van der Waals surface area contributed by atoms with Crippen LogP contribution < -0.4 is 15.2 Å².